The van der Waals surface area contributed by atoms with Gasteiger partial charge >= 0.3 is 0 Å². The summed E-state index contributed by atoms with van der Waals surface area (Å²) >= 11 is 1.89. The average molecular weight is 403 g/mol. The topological polar surface area (TPSA) is 33.4 Å². The first-order valence-corrected chi connectivity index (χ1v) is 11.1. The van der Waals surface area contributed by atoms with E-state index in [4.69, 9.17) is 4.99 Å². The van der Waals surface area contributed by atoms with Crippen molar-refractivity contribution >= 4 is 16.9 Å². The summed E-state index contributed by atoms with van der Waals surface area (Å²) in [5.74, 6) is 0. The molecule has 2 aromatic heterocycles. The van der Waals surface area contributed by atoms with E-state index in [0.717, 1.165) is 12.2 Å². The first-order valence-electron chi connectivity index (χ1n) is 10.2. The number of aryl methyl sites for hydroxylation is 2. The van der Waals surface area contributed by atoms with Gasteiger partial charge in [0.05, 0.1) is 11.7 Å². The maximum absolute atomic E-state index is 5.13. The van der Waals surface area contributed by atoms with Crippen LogP contribution in [0, 0.1) is 20.8 Å². The smallest absolute Gasteiger partial charge is 0.160 e. The fourth-order valence-electron chi connectivity index (χ4n) is 4.71. The van der Waals surface area contributed by atoms with Gasteiger partial charge < -0.3 is 9.47 Å². The van der Waals surface area contributed by atoms with Gasteiger partial charge in [-0.25, -0.2) is 0 Å². The van der Waals surface area contributed by atoms with E-state index < -0.39 is 0 Å². The fraction of sp³-hybridized carbons (Fsp3) is 0.333. The lowest BCUT2D eigenvalue weighted by Gasteiger charge is -2.27. The molecule has 0 radical (unpaired) electrons. The molecule has 0 saturated carbocycles. The number of nitrogens with zero attached hydrogens (tertiary/aromatic N) is 4. The minimum Gasteiger partial charge on any atom is -0.341 e. The summed E-state index contributed by atoms with van der Waals surface area (Å²) in [6.45, 7) is 9.91. The molecule has 1 fully saturated rings. The molecule has 5 rings (SSSR count). The summed E-state index contributed by atoms with van der Waals surface area (Å²) < 4.78 is 2.38. The second-order valence-electron chi connectivity index (χ2n) is 8.14. The Kier molecular flexibility index (Phi) is 4.50. The molecule has 1 aromatic carbocycles. The molecule has 2 aliphatic heterocycles. The zero-order chi connectivity index (χ0) is 20.1. The molecule has 0 aliphatic carbocycles. The van der Waals surface area contributed by atoms with Gasteiger partial charge in [-0.1, -0.05) is 36.9 Å². The van der Waals surface area contributed by atoms with Gasteiger partial charge in [0, 0.05) is 35.1 Å². The maximum atomic E-state index is 5.13. The molecule has 2 aliphatic rings. The molecule has 0 N–H and O–H groups in total. The largest absolute Gasteiger partial charge is 0.341 e. The molecule has 1 saturated heterocycles. The number of benzene rings is 1. The van der Waals surface area contributed by atoms with Crippen LogP contribution in [0.4, 0.5) is 0 Å². The van der Waals surface area contributed by atoms with Crippen molar-refractivity contribution in [1.82, 2.24) is 14.5 Å². The minimum absolute atomic E-state index is 0.0395. The van der Waals surface area contributed by atoms with Crippen LogP contribution < -0.4 is 0 Å². The molecule has 3 atom stereocenters. The van der Waals surface area contributed by atoms with Gasteiger partial charge in [0.1, 0.15) is 6.04 Å². The number of rotatable bonds is 3. The van der Waals surface area contributed by atoms with Crippen molar-refractivity contribution in [2.24, 2.45) is 4.99 Å². The molecule has 4 nitrogen and oxygen atoms in total. The third-order valence-electron chi connectivity index (χ3n) is 5.93. The van der Waals surface area contributed by atoms with Gasteiger partial charge in [0.25, 0.3) is 0 Å². The first-order chi connectivity index (χ1) is 14.0. The summed E-state index contributed by atoms with van der Waals surface area (Å²) in [4.78, 5) is 12.3. The van der Waals surface area contributed by atoms with E-state index >= 15 is 0 Å². The summed E-state index contributed by atoms with van der Waals surface area (Å²) in [6.07, 6.45) is 1.88. The minimum atomic E-state index is 0.0395. The molecule has 0 spiro atoms. The second-order valence-corrected chi connectivity index (χ2v) is 9.54. The number of hydrogen-bond donors (Lipinski definition) is 0. The SMILES string of the molecule is Cc1cccc(-n2c(C)cc([C@H]3[C@H](c4ccccn4)N=C4S[C@@H](C)CN43)c2C)c1. The first kappa shape index (κ1) is 18.5. The van der Waals surface area contributed by atoms with Crippen LogP contribution in [-0.2, 0) is 0 Å². The number of aromatic nitrogens is 2. The van der Waals surface area contributed by atoms with E-state index in [0.29, 0.717) is 5.25 Å². The molecule has 4 heterocycles. The number of hydrogen-bond acceptors (Lipinski definition) is 4. The van der Waals surface area contributed by atoms with Crippen molar-refractivity contribution in [3.05, 3.63) is 82.9 Å². The van der Waals surface area contributed by atoms with E-state index in [2.05, 4.69) is 84.6 Å². The third-order valence-corrected chi connectivity index (χ3v) is 7.03. The van der Waals surface area contributed by atoms with Crippen LogP contribution in [0.15, 0.2) is 59.7 Å². The van der Waals surface area contributed by atoms with E-state index in [9.17, 15) is 0 Å². The van der Waals surface area contributed by atoms with Crippen LogP contribution >= 0.6 is 11.8 Å². The number of pyridine rings is 1. The molecular weight excluding hydrogens is 376 g/mol. The van der Waals surface area contributed by atoms with Crippen LogP contribution in [-0.4, -0.2) is 31.4 Å². The van der Waals surface area contributed by atoms with Crippen molar-refractivity contribution in [3.8, 4) is 5.69 Å². The van der Waals surface area contributed by atoms with Gasteiger partial charge in [-0.05, 0) is 62.2 Å². The standard InChI is InChI=1S/C24H26N4S/c1-15-8-7-9-19(12-15)28-16(2)13-20(18(28)4)23-22(21-10-5-6-11-25-21)26-24-27(23)14-17(3)29-24/h5-13,17,22-23H,14H2,1-4H3/t17-,22-,23-/m0/s1. The highest BCUT2D eigenvalue weighted by Crippen LogP contribution is 2.48. The predicted molar refractivity (Wildman–Crippen MR) is 121 cm³/mol. The highest BCUT2D eigenvalue weighted by molar-refractivity contribution is 8.14. The van der Waals surface area contributed by atoms with Crippen LogP contribution in [0.2, 0.25) is 0 Å². The lowest BCUT2D eigenvalue weighted by molar-refractivity contribution is 0.320. The van der Waals surface area contributed by atoms with E-state index in [1.807, 2.05) is 24.0 Å². The predicted octanol–water partition coefficient (Wildman–Crippen LogP) is 5.39. The van der Waals surface area contributed by atoms with E-state index in [1.54, 1.807) is 0 Å². The highest BCUT2D eigenvalue weighted by atomic mass is 32.2. The van der Waals surface area contributed by atoms with E-state index in [-0.39, 0.29) is 12.1 Å². The van der Waals surface area contributed by atoms with Crippen molar-refractivity contribution in [3.63, 3.8) is 0 Å². The molecule has 0 bridgehead atoms. The molecule has 3 aromatic rings. The Labute approximate surface area is 176 Å². The number of thioether (sulfide) groups is 1. The quantitative estimate of drug-likeness (QED) is 0.589. The number of aliphatic imine (C=N–C) groups is 1. The van der Waals surface area contributed by atoms with Crippen molar-refractivity contribution in [1.29, 1.82) is 0 Å². The zero-order valence-corrected chi connectivity index (χ0v) is 18.1. The summed E-state index contributed by atoms with van der Waals surface area (Å²) in [5.41, 5.74) is 7.46. The Morgan fingerprint density at radius 1 is 1.03 bits per heavy atom. The monoisotopic (exact) mass is 402 g/mol. The van der Waals surface area contributed by atoms with Crippen molar-refractivity contribution in [2.45, 2.75) is 45.0 Å². The molecule has 0 amide bonds. The Hall–Kier alpha value is -2.53. The Morgan fingerprint density at radius 2 is 1.90 bits per heavy atom. The highest BCUT2D eigenvalue weighted by Gasteiger charge is 2.44. The Morgan fingerprint density at radius 3 is 2.66 bits per heavy atom. The van der Waals surface area contributed by atoms with Crippen LogP contribution in [0.5, 0.6) is 0 Å². The maximum Gasteiger partial charge on any atom is 0.160 e. The molecular formula is C24H26N4S. The normalized spacial score (nSPS) is 23.4. The summed E-state index contributed by atoms with van der Waals surface area (Å²) in [7, 11) is 0. The van der Waals surface area contributed by atoms with E-state index in [1.165, 1.54) is 33.4 Å². The molecule has 5 heteroatoms. The lowest BCUT2D eigenvalue weighted by Crippen LogP contribution is -2.28. The summed E-state index contributed by atoms with van der Waals surface area (Å²) in [6, 6.07) is 17.5. The Bertz CT molecular complexity index is 1090. The van der Waals surface area contributed by atoms with Gasteiger partial charge in [-0.3, -0.25) is 9.98 Å². The number of fused-ring (bicyclic) bond motifs is 1. The van der Waals surface area contributed by atoms with Gasteiger partial charge in [0.15, 0.2) is 5.17 Å². The molecule has 0 unspecified atom stereocenters. The summed E-state index contributed by atoms with van der Waals surface area (Å²) in [5, 5.41) is 1.74. The van der Waals surface area contributed by atoms with Crippen LogP contribution in [0.25, 0.3) is 5.69 Å². The Balaban J connectivity index is 1.63. The van der Waals surface area contributed by atoms with Gasteiger partial charge in [-0.2, -0.15) is 0 Å². The molecule has 29 heavy (non-hydrogen) atoms. The average Bonchev–Trinajstić information content (AvgIpc) is 3.32. The third kappa shape index (κ3) is 3.08. The number of amidine groups is 1. The lowest BCUT2D eigenvalue weighted by atomic mass is 9.96. The van der Waals surface area contributed by atoms with Crippen LogP contribution in [0.1, 0.15) is 47.2 Å². The second kappa shape index (κ2) is 7.06. The van der Waals surface area contributed by atoms with Gasteiger partial charge in [-0.15, -0.1) is 0 Å². The van der Waals surface area contributed by atoms with Crippen LogP contribution in [0.3, 0.4) is 0 Å². The van der Waals surface area contributed by atoms with Crippen molar-refractivity contribution in [2.75, 3.05) is 6.54 Å². The van der Waals surface area contributed by atoms with Gasteiger partial charge in [0.2, 0.25) is 0 Å². The zero-order valence-electron chi connectivity index (χ0n) is 17.3. The fourth-order valence-corrected chi connectivity index (χ4v) is 5.80. The van der Waals surface area contributed by atoms with Crippen molar-refractivity contribution < 1.29 is 0 Å². The molecule has 148 valence electrons.